The van der Waals surface area contributed by atoms with E-state index in [0.717, 1.165) is 4.90 Å². The van der Waals surface area contributed by atoms with Crippen LogP contribution in [0.3, 0.4) is 0 Å². The zero-order valence-corrected chi connectivity index (χ0v) is 8.60. The van der Waals surface area contributed by atoms with Gasteiger partial charge in [0.05, 0.1) is 0 Å². The summed E-state index contributed by atoms with van der Waals surface area (Å²) in [6, 6.07) is 0. The van der Waals surface area contributed by atoms with Gasteiger partial charge in [-0.25, -0.2) is 0 Å². The van der Waals surface area contributed by atoms with Crippen molar-refractivity contribution in [3.63, 3.8) is 0 Å². The molecule has 0 aromatic carbocycles. The maximum atomic E-state index is 2.44. The first-order chi connectivity index (χ1) is 4.09. The van der Waals surface area contributed by atoms with E-state index in [-0.39, 0.29) is 0 Å². The highest BCUT2D eigenvalue weighted by atomic mass is 31.2. The minimum atomic E-state index is 0.357. The first kappa shape index (κ1) is 7.96. The van der Waals surface area contributed by atoms with Gasteiger partial charge in [-0.05, 0) is 39.5 Å². The first-order valence-corrected chi connectivity index (χ1v) is 7.92. The van der Waals surface area contributed by atoms with E-state index >= 15 is 0 Å². The summed E-state index contributed by atoms with van der Waals surface area (Å²) in [6.07, 6.45) is 3.06. The molecule has 0 saturated heterocycles. The maximum absolute atomic E-state index is 2.44. The molecule has 54 valence electrons. The lowest BCUT2D eigenvalue weighted by Gasteiger charge is -2.24. The highest BCUT2D eigenvalue weighted by Gasteiger charge is 2.47. The Morgan fingerprint density at radius 2 is 1.22 bits per heavy atom. The van der Waals surface area contributed by atoms with Crippen molar-refractivity contribution in [3.8, 4) is 0 Å². The van der Waals surface area contributed by atoms with Gasteiger partial charge in [-0.15, -0.1) is 15.8 Å². The molecule has 2 heteroatoms. The quantitative estimate of drug-likeness (QED) is 0.547. The second-order valence-corrected chi connectivity index (χ2v) is 8.91. The summed E-state index contributed by atoms with van der Waals surface area (Å²) >= 11 is 0. The molecule has 1 fully saturated rings. The molecule has 9 heavy (non-hydrogen) atoms. The lowest BCUT2D eigenvalue weighted by atomic mass is 10.9. The molecule has 1 rings (SSSR count). The molecule has 0 atom stereocenters. The van der Waals surface area contributed by atoms with E-state index in [1.165, 1.54) is 12.8 Å². The molecule has 0 spiro atoms. The van der Waals surface area contributed by atoms with Crippen LogP contribution in [0.4, 0.5) is 0 Å². The van der Waals surface area contributed by atoms with Crippen LogP contribution >= 0.6 is 15.8 Å². The smallest absolute Gasteiger partial charge is 0.00970 e. The molecular weight excluding hydrogens is 146 g/mol. The van der Waals surface area contributed by atoms with Crippen molar-refractivity contribution in [2.24, 2.45) is 0 Å². The van der Waals surface area contributed by atoms with Crippen LogP contribution in [-0.4, -0.2) is 31.6 Å². The lowest BCUT2D eigenvalue weighted by molar-refractivity contribution is 1.33. The van der Waals surface area contributed by atoms with Crippen LogP contribution in [0.2, 0.25) is 0 Å². The van der Waals surface area contributed by atoms with Gasteiger partial charge in [0.1, 0.15) is 0 Å². The molecule has 0 nitrogen and oxygen atoms in total. The third-order valence-electron chi connectivity index (χ3n) is 2.36. The minimum absolute atomic E-state index is 0.357. The Balaban J connectivity index is 2.52. The van der Waals surface area contributed by atoms with Crippen molar-refractivity contribution >= 4 is 15.8 Å². The molecule has 0 aromatic heterocycles. The van der Waals surface area contributed by atoms with Crippen molar-refractivity contribution in [2.45, 2.75) is 17.7 Å². The van der Waals surface area contributed by atoms with Crippen molar-refractivity contribution in [3.05, 3.63) is 0 Å². The van der Waals surface area contributed by atoms with E-state index in [1.54, 1.807) is 0 Å². The highest BCUT2D eigenvalue weighted by Crippen LogP contribution is 2.74. The zero-order valence-electron chi connectivity index (χ0n) is 6.81. The van der Waals surface area contributed by atoms with Crippen LogP contribution in [0.1, 0.15) is 12.8 Å². The molecule has 0 aliphatic heterocycles. The van der Waals surface area contributed by atoms with Gasteiger partial charge in [0.25, 0.3) is 0 Å². The minimum Gasteiger partial charge on any atom is -0.102 e. The fourth-order valence-electron chi connectivity index (χ4n) is 1.41. The average Bonchev–Trinajstić information content (AvgIpc) is 2.40. The molecule has 0 unspecified atom stereocenters. The van der Waals surface area contributed by atoms with E-state index in [0.29, 0.717) is 15.8 Å². The Hall–Kier alpha value is 0.860. The molecule has 1 aliphatic carbocycles. The molecule has 1 saturated carbocycles. The van der Waals surface area contributed by atoms with Crippen molar-refractivity contribution < 1.29 is 0 Å². The highest BCUT2D eigenvalue weighted by molar-refractivity contribution is 7.76. The molecular formula is C7H16P2. The van der Waals surface area contributed by atoms with Crippen molar-refractivity contribution in [2.75, 3.05) is 26.7 Å². The van der Waals surface area contributed by atoms with E-state index in [9.17, 15) is 0 Å². The van der Waals surface area contributed by atoms with E-state index < -0.39 is 0 Å². The summed E-state index contributed by atoms with van der Waals surface area (Å²) in [7, 11) is 0.713. The van der Waals surface area contributed by atoms with Gasteiger partial charge < -0.3 is 0 Å². The molecule has 1 aliphatic rings. The van der Waals surface area contributed by atoms with Gasteiger partial charge >= 0.3 is 0 Å². The largest absolute Gasteiger partial charge is 0.102 e. The molecule has 0 heterocycles. The van der Waals surface area contributed by atoms with Gasteiger partial charge in [-0.2, -0.15) is 0 Å². The van der Waals surface area contributed by atoms with Gasteiger partial charge in [0, 0.05) is 4.90 Å². The summed E-state index contributed by atoms with van der Waals surface area (Å²) < 4.78 is 0. The third-order valence-corrected chi connectivity index (χ3v) is 8.99. The van der Waals surface area contributed by atoms with Crippen LogP contribution < -0.4 is 0 Å². The lowest BCUT2D eigenvalue weighted by Crippen LogP contribution is -1.99. The molecule has 0 N–H and O–H groups in total. The van der Waals surface area contributed by atoms with E-state index in [4.69, 9.17) is 0 Å². The SMILES string of the molecule is CP(C)C1(P(C)C)CC1. The zero-order chi connectivity index (χ0) is 7.07. The van der Waals surface area contributed by atoms with Crippen LogP contribution in [-0.2, 0) is 0 Å². The average molecular weight is 162 g/mol. The summed E-state index contributed by atoms with van der Waals surface area (Å²) in [4.78, 5) is 0.880. The Bertz CT molecular complexity index is 93.5. The van der Waals surface area contributed by atoms with Crippen molar-refractivity contribution in [1.82, 2.24) is 0 Å². The van der Waals surface area contributed by atoms with Crippen LogP contribution in [0.15, 0.2) is 0 Å². The molecule has 0 radical (unpaired) electrons. The topological polar surface area (TPSA) is 0 Å². The standard InChI is InChI=1S/C7H16P2/c1-8(2)7(5-6-7)9(3)4/h5-6H2,1-4H3. The fourth-order valence-corrected chi connectivity index (χ4v) is 6.62. The number of hydrogen-bond donors (Lipinski definition) is 0. The molecule has 0 aromatic rings. The van der Waals surface area contributed by atoms with Crippen molar-refractivity contribution in [1.29, 1.82) is 0 Å². The van der Waals surface area contributed by atoms with E-state index in [2.05, 4.69) is 26.7 Å². The van der Waals surface area contributed by atoms with Gasteiger partial charge in [0.15, 0.2) is 0 Å². The Labute approximate surface area is 60.9 Å². The van der Waals surface area contributed by atoms with E-state index in [1.807, 2.05) is 0 Å². The summed E-state index contributed by atoms with van der Waals surface area (Å²) in [5, 5.41) is 0. The maximum Gasteiger partial charge on any atom is 0.00970 e. The van der Waals surface area contributed by atoms with Gasteiger partial charge in [0.2, 0.25) is 0 Å². The van der Waals surface area contributed by atoms with Crippen LogP contribution in [0, 0.1) is 0 Å². The summed E-state index contributed by atoms with van der Waals surface area (Å²) in [5.74, 6) is 0. The Morgan fingerprint density at radius 1 is 0.889 bits per heavy atom. The summed E-state index contributed by atoms with van der Waals surface area (Å²) in [5.41, 5.74) is 0. The third kappa shape index (κ3) is 1.31. The van der Waals surface area contributed by atoms with Crippen LogP contribution in [0.5, 0.6) is 0 Å². The van der Waals surface area contributed by atoms with Gasteiger partial charge in [-0.3, -0.25) is 0 Å². The number of rotatable bonds is 2. The summed E-state index contributed by atoms with van der Waals surface area (Å²) in [6.45, 7) is 9.74. The van der Waals surface area contributed by atoms with Gasteiger partial charge in [-0.1, -0.05) is 0 Å². The Kier molecular flexibility index (Phi) is 2.19. The predicted octanol–water partition coefficient (Wildman–Crippen LogP) is 2.96. The second kappa shape index (κ2) is 2.48. The first-order valence-electron chi connectivity index (χ1n) is 3.44. The normalized spacial score (nSPS) is 23.3. The predicted molar refractivity (Wildman–Crippen MR) is 49.5 cm³/mol. The number of hydrogen-bond acceptors (Lipinski definition) is 0. The fraction of sp³-hybridized carbons (Fsp3) is 1.00. The van der Waals surface area contributed by atoms with Crippen LogP contribution in [0.25, 0.3) is 0 Å². The second-order valence-electron chi connectivity index (χ2n) is 3.27. The monoisotopic (exact) mass is 162 g/mol. The molecule has 0 bridgehead atoms. The Morgan fingerprint density at radius 3 is 1.22 bits per heavy atom. The molecule has 0 amide bonds.